The predicted molar refractivity (Wildman–Crippen MR) is 323 cm³/mol. The second-order valence-corrected chi connectivity index (χ2v) is 32.7. The van der Waals surface area contributed by atoms with Crippen LogP contribution in [0.25, 0.3) is 0 Å². The van der Waals surface area contributed by atoms with Gasteiger partial charge in [-0.1, -0.05) is 153 Å². The van der Waals surface area contributed by atoms with Gasteiger partial charge in [0, 0.05) is 105 Å². The van der Waals surface area contributed by atoms with Gasteiger partial charge in [-0.05, 0) is 94.9 Å². The molecular weight excluding hydrogens is 1150 g/mol. The van der Waals surface area contributed by atoms with Gasteiger partial charge in [0.25, 0.3) is 0 Å². The average Bonchev–Trinajstić information content (AvgIpc) is 4.37. The van der Waals surface area contributed by atoms with E-state index in [9.17, 15) is 0 Å². The van der Waals surface area contributed by atoms with Gasteiger partial charge in [-0.3, -0.25) is 0 Å². The molecule has 79 heavy (non-hydrogen) atoms. The molecule has 6 aliphatic carbocycles. The van der Waals surface area contributed by atoms with Crippen molar-refractivity contribution in [2.75, 3.05) is 87.6 Å². The molecule has 0 aromatic heterocycles. The Labute approximate surface area is 517 Å². The summed E-state index contributed by atoms with van der Waals surface area (Å²) in [5.74, 6) is 1.69. The Morgan fingerprint density at radius 2 is 0.658 bits per heavy atom. The molecule has 0 bridgehead atoms. The van der Waals surface area contributed by atoms with E-state index in [1.54, 1.807) is 21.3 Å². The van der Waals surface area contributed by atoms with Crippen LogP contribution in [0.4, 0.5) is 0 Å². The zero-order valence-electron chi connectivity index (χ0n) is 49.8. The number of ether oxygens (including phenoxy) is 9. The zero-order chi connectivity index (χ0) is 53.0. The van der Waals surface area contributed by atoms with E-state index in [0.717, 1.165) is 39.1 Å². The Hall–Kier alpha value is 0.498. The van der Waals surface area contributed by atoms with Gasteiger partial charge in [0.1, 0.15) is 0 Å². The molecule has 10 atom stereocenters. The number of hydrogen-bond donors (Lipinski definition) is 0. The molecule has 0 N–H and O–H groups in total. The molecule has 3 saturated heterocycles. The van der Waals surface area contributed by atoms with Crippen molar-refractivity contribution in [3.05, 3.63) is 60.7 Å². The molecule has 460 valence electrons. The van der Waals surface area contributed by atoms with Gasteiger partial charge < -0.3 is 42.6 Å². The van der Waals surface area contributed by atoms with E-state index in [-0.39, 0.29) is 95.8 Å². The van der Waals surface area contributed by atoms with Gasteiger partial charge in [0.15, 0.2) is 18.9 Å². The fourth-order valence-electron chi connectivity index (χ4n) is 13.5. The quantitative estimate of drug-likeness (QED) is 0.144. The molecule has 9 aliphatic rings. The van der Waals surface area contributed by atoms with Crippen molar-refractivity contribution in [3.63, 3.8) is 0 Å². The van der Waals surface area contributed by atoms with Crippen molar-refractivity contribution in [1.29, 1.82) is 0 Å². The Bertz CT molecular complexity index is 1590. The molecular formula is C65H114Fe3O9P2+2. The van der Waals surface area contributed by atoms with Crippen LogP contribution in [0, 0.1) is 17.8 Å². The molecule has 2 aromatic carbocycles. The molecule has 3 heterocycles. The maximum absolute atomic E-state index is 6.24. The van der Waals surface area contributed by atoms with E-state index >= 15 is 0 Å². The number of benzene rings is 2. The normalized spacial score (nSPS) is 29.5. The second-order valence-electron chi connectivity index (χ2n) is 24.1. The standard InChI is InChI=1S/2C19H30O3P.C11H20O3.3C5H10.CH4.3Fe/c2*1-20-14-15-12-13-21-19(22-15)17-10-7-11-18(17)23(2,3)16-8-5-4-6-9-16;1-12-8-10-6-7-13-11(14-10)9-4-2-3-5-9;3*1-2-4-5-3-1;;;;/h2*4-6,8-9,15,17-19H,7,10-14H2,1-3H3;9-11H,2-8H2,1H3;3*1-5H2;1H4;;;/q2*+1;;;;;;;;/t2*15-,17?,18?,19-;10-,11-;;;;;;;/m000......./s1. The molecule has 0 amide bonds. The topological polar surface area (TPSA) is 83.1 Å². The smallest absolute Gasteiger partial charge is 0.164 e. The maximum Gasteiger partial charge on any atom is 0.164 e. The molecule has 0 radical (unpaired) electrons. The van der Waals surface area contributed by atoms with Gasteiger partial charge in [-0.25, -0.2) is 0 Å². The maximum atomic E-state index is 6.24. The van der Waals surface area contributed by atoms with Gasteiger partial charge in [-0.2, -0.15) is 0 Å². The van der Waals surface area contributed by atoms with E-state index in [1.807, 2.05) is 0 Å². The number of hydrogen-bond acceptors (Lipinski definition) is 9. The first-order chi connectivity index (χ1) is 36.6. The molecule has 4 unspecified atom stereocenters. The first kappa shape index (κ1) is 75.6. The summed E-state index contributed by atoms with van der Waals surface area (Å²) in [6.07, 6.45) is 38.8. The molecule has 11 rings (SSSR count). The van der Waals surface area contributed by atoms with Crippen molar-refractivity contribution >= 4 is 25.1 Å². The molecule has 14 heteroatoms. The summed E-state index contributed by atoms with van der Waals surface area (Å²) >= 11 is 0. The Morgan fingerprint density at radius 1 is 0.367 bits per heavy atom. The monoisotopic (exact) mass is 1270 g/mol. The average molecular weight is 1270 g/mol. The first-order valence-corrected chi connectivity index (χ1v) is 36.2. The van der Waals surface area contributed by atoms with Gasteiger partial charge in [0.2, 0.25) is 0 Å². The third kappa shape index (κ3) is 25.8. The third-order valence-corrected chi connectivity index (χ3v) is 25.9. The summed E-state index contributed by atoms with van der Waals surface area (Å²) in [6.45, 7) is 14.4. The largest absolute Gasteiger partial charge is 0.382 e. The summed E-state index contributed by atoms with van der Waals surface area (Å²) in [6, 6.07) is 22.1. The van der Waals surface area contributed by atoms with Gasteiger partial charge in [0.05, 0.1) is 107 Å². The summed E-state index contributed by atoms with van der Waals surface area (Å²) < 4.78 is 51.8. The van der Waals surface area contributed by atoms with Crippen LogP contribution < -0.4 is 10.6 Å². The summed E-state index contributed by atoms with van der Waals surface area (Å²) in [4.78, 5) is 0. The summed E-state index contributed by atoms with van der Waals surface area (Å²) in [5, 5.41) is 3.06. The van der Waals surface area contributed by atoms with Crippen molar-refractivity contribution < 1.29 is 93.8 Å². The summed E-state index contributed by atoms with van der Waals surface area (Å²) in [5.41, 5.74) is 1.41. The van der Waals surface area contributed by atoms with E-state index in [4.69, 9.17) is 42.6 Å². The van der Waals surface area contributed by atoms with E-state index in [1.165, 1.54) is 171 Å². The van der Waals surface area contributed by atoms with Crippen LogP contribution in [-0.4, -0.2) is 136 Å². The number of methoxy groups -OCH3 is 3. The van der Waals surface area contributed by atoms with E-state index in [2.05, 4.69) is 87.3 Å². The van der Waals surface area contributed by atoms with Crippen molar-refractivity contribution in [2.24, 2.45) is 17.8 Å². The predicted octanol–water partition coefficient (Wildman–Crippen LogP) is 15.5. The van der Waals surface area contributed by atoms with Gasteiger partial charge >= 0.3 is 0 Å². The van der Waals surface area contributed by atoms with Crippen LogP contribution in [-0.2, 0) is 93.8 Å². The van der Waals surface area contributed by atoms with E-state index in [0.29, 0.717) is 48.9 Å². The Balaban J connectivity index is 0.000000354. The van der Waals surface area contributed by atoms with Gasteiger partial charge in [-0.15, -0.1) is 0 Å². The SMILES string of the molecule is C.C1CCCC1.C1CCCC1.C1CCCC1.COC[C@@H]1CCO[C@H](C2CCCC2)O1.COC[C@@H]1CCO[C@H](C2CCCC2[P+](C)(C)c2ccccc2)O1.COC[C@@H]1CCO[C@H](C2CCCC2[P+](C)(C)c2ccccc2)O1.[Fe].[Fe].[Fe]. The molecule has 9 fully saturated rings. The van der Waals surface area contributed by atoms with Crippen LogP contribution >= 0.6 is 14.5 Å². The van der Waals surface area contributed by atoms with Crippen LogP contribution in [0.5, 0.6) is 0 Å². The van der Waals surface area contributed by atoms with Crippen LogP contribution in [0.1, 0.15) is 187 Å². The minimum absolute atomic E-state index is 0. The third-order valence-electron chi connectivity index (χ3n) is 18.0. The Kier molecular flexibility index (Phi) is 41.3. The van der Waals surface area contributed by atoms with Crippen molar-refractivity contribution in [2.45, 2.75) is 236 Å². The molecule has 0 spiro atoms. The molecule has 9 nitrogen and oxygen atoms in total. The number of rotatable bonds is 13. The zero-order valence-corrected chi connectivity index (χ0v) is 54.9. The van der Waals surface area contributed by atoms with Crippen molar-refractivity contribution in [1.82, 2.24) is 0 Å². The van der Waals surface area contributed by atoms with Crippen LogP contribution in [0.3, 0.4) is 0 Å². The fourth-order valence-corrected chi connectivity index (χ4v) is 20.3. The first-order valence-electron chi connectivity index (χ1n) is 30.7. The van der Waals surface area contributed by atoms with E-state index < -0.39 is 14.5 Å². The minimum Gasteiger partial charge on any atom is -0.382 e. The van der Waals surface area contributed by atoms with Crippen LogP contribution in [0.2, 0.25) is 0 Å². The Morgan fingerprint density at radius 3 is 0.962 bits per heavy atom. The minimum atomic E-state index is -1.19. The molecule has 2 aromatic rings. The van der Waals surface area contributed by atoms with Crippen LogP contribution in [0.15, 0.2) is 60.7 Å². The fraction of sp³-hybridized carbons (Fsp3) is 0.815. The second kappa shape index (κ2) is 43.2. The van der Waals surface area contributed by atoms with Crippen molar-refractivity contribution in [3.8, 4) is 0 Å². The molecule has 3 aliphatic heterocycles. The molecule has 6 saturated carbocycles. The summed E-state index contributed by atoms with van der Waals surface area (Å²) in [7, 11) is 2.83.